The molecule has 0 amide bonds. The van der Waals surface area contributed by atoms with E-state index < -0.39 is 0 Å². The zero-order chi connectivity index (χ0) is 10.7. The van der Waals surface area contributed by atoms with Gasteiger partial charge in [-0.15, -0.1) is 11.3 Å². The monoisotopic (exact) mass is 241 g/mol. The Balaban J connectivity index is 1.88. The smallest absolute Gasteiger partial charge is 0.0931 e. The van der Waals surface area contributed by atoms with Crippen molar-refractivity contribution in [1.82, 2.24) is 15.5 Å². The van der Waals surface area contributed by atoms with Gasteiger partial charge in [0, 0.05) is 29.2 Å². The molecule has 0 aromatic carbocycles. The topological polar surface area (TPSA) is 40.7 Å². The summed E-state index contributed by atoms with van der Waals surface area (Å²) in [7, 11) is 0. The molecule has 0 fully saturated rings. The molecule has 0 spiro atoms. The number of rotatable bonds is 4. The van der Waals surface area contributed by atoms with Crippen molar-refractivity contribution in [3.63, 3.8) is 0 Å². The highest BCUT2D eigenvalue weighted by Crippen LogP contribution is 2.22. The molecule has 15 heavy (non-hydrogen) atoms. The van der Waals surface area contributed by atoms with Gasteiger partial charge in [0.05, 0.1) is 10.5 Å². The van der Waals surface area contributed by atoms with E-state index in [2.05, 4.69) is 22.4 Å². The van der Waals surface area contributed by atoms with Crippen molar-refractivity contribution < 1.29 is 0 Å². The summed E-state index contributed by atoms with van der Waals surface area (Å²) in [5.74, 6) is 0. The van der Waals surface area contributed by atoms with Crippen molar-refractivity contribution >= 4 is 22.9 Å². The second-order valence-electron chi connectivity index (χ2n) is 3.34. The summed E-state index contributed by atoms with van der Waals surface area (Å²) in [6, 6.07) is 4.26. The average molecular weight is 242 g/mol. The van der Waals surface area contributed by atoms with Crippen LogP contribution in [0.15, 0.2) is 24.5 Å². The number of H-pyrrole nitrogens is 1. The van der Waals surface area contributed by atoms with Crippen LogP contribution in [0.25, 0.3) is 0 Å². The van der Waals surface area contributed by atoms with Gasteiger partial charge < -0.3 is 5.32 Å². The van der Waals surface area contributed by atoms with Crippen LogP contribution in [0.5, 0.6) is 0 Å². The molecule has 1 unspecified atom stereocenters. The van der Waals surface area contributed by atoms with Crippen LogP contribution in [0.4, 0.5) is 0 Å². The maximum Gasteiger partial charge on any atom is 0.0931 e. The molecule has 2 aromatic heterocycles. The standard InChI is InChI=1S/C10H12ClN3S/c1-7(8-4-13-14-5-8)12-6-9-2-3-10(11)15-9/h2-5,7,12H,6H2,1H3,(H,13,14). The lowest BCUT2D eigenvalue weighted by Gasteiger charge is -2.10. The summed E-state index contributed by atoms with van der Waals surface area (Å²) in [6.07, 6.45) is 3.73. The Kier molecular flexibility index (Phi) is 3.41. The highest BCUT2D eigenvalue weighted by molar-refractivity contribution is 7.16. The van der Waals surface area contributed by atoms with Crippen LogP contribution in [-0.4, -0.2) is 10.2 Å². The van der Waals surface area contributed by atoms with Crippen molar-refractivity contribution in [2.24, 2.45) is 0 Å². The molecule has 0 aliphatic rings. The number of nitrogens with zero attached hydrogens (tertiary/aromatic N) is 1. The van der Waals surface area contributed by atoms with Crippen molar-refractivity contribution in [2.75, 3.05) is 0 Å². The molecule has 2 rings (SSSR count). The molecule has 0 saturated heterocycles. The Morgan fingerprint density at radius 1 is 1.60 bits per heavy atom. The first-order chi connectivity index (χ1) is 7.25. The largest absolute Gasteiger partial charge is 0.305 e. The first-order valence-electron chi connectivity index (χ1n) is 4.72. The molecule has 3 nitrogen and oxygen atoms in total. The molecule has 1 atom stereocenters. The lowest BCUT2D eigenvalue weighted by atomic mass is 10.2. The van der Waals surface area contributed by atoms with Crippen LogP contribution in [0.3, 0.4) is 0 Å². The Morgan fingerprint density at radius 2 is 2.47 bits per heavy atom. The maximum atomic E-state index is 5.85. The third-order valence-corrected chi connectivity index (χ3v) is 3.46. The molecule has 0 aliphatic heterocycles. The fraction of sp³-hybridized carbons (Fsp3) is 0.300. The Labute approximate surface area is 97.5 Å². The van der Waals surface area contributed by atoms with Crippen LogP contribution in [0.2, 0.25) is 4.34 Å². The lowest BCUT2D eigenvalue weighted by Crippen LogP contribution is -2.16. The molecular weight excluding hydrogens is 230 g/mol. The summed E-state index contributed by atoms with van der Waals surface area (Å²) in [5.41, 5.74) is 1.16. The number of aromatic nitrogens is 2. The second kappa shape index (κ2) is 4.79. The van der Waals surface area contributed by atoms with Gasteiger partial charge in [0.1, 0.15) is 0 Å². The van der Waals surface area contributed by atoms with Crippen LogP contribution in [0.1, 0.15) is 23.4 Å². The third-order valence-electron chi connectivity index (χ3n) is 2.23. The summed E-state index contributed by atoms with van der Waals surface area (Å²) >= 11 is 7.46. The molecule has 0 saturated carbocycles. The normalized spacial score (nSPS) is 12.9. The minimum atomic E-state index is 0.296. The average Bonchev–Trinajstić information content (AvgIpc) is 2.84. The lowest BCUT2D eigenvalue weighted by molar-refractivity contribution is 0.579. The van der Waals surface area contributed by atoms with E-state index in [1.807, 2.05) is 24.5 Å². The highest BCUT2D eigenvalue weighted by Gasteiger charge is 2.06. The molecule has 80 valence electrons. The fourth-order valence-corrected chi connectivity index (χ4v) is 2.35. The van der Waals surface area contributed by atoms with Crippen LogP contribution < -0.4 is 5.32 Å². The number of hydrogen-bond donors (Lipinski definition) is 2. The van der Waals surface area contributed by atoms with Gasteiger partial charge in [0.2, 0.25) is 0 Å². The van der Waals surface area contributed by atoms with Gasteiger partial charge in [-0.25, -0.2) is 0 Å². The number of hydrogen-bond acceptors (Lipinski definition) is 3. The fourth-order valence-electron chi connectivity index (χ4n) is 1.32. The Bertz CT molecular complexity index is 410. The molecular formula is C10H12ClN3S. The molecule has 2 N–H and O–H groups in total. The summed E-state index contributed by atoms with van der Waals surface area (Å²) in [4.78, 5) is 1.25. The maximum absolute atomic E-state index is 5.85. The minimum Gasteiger partial charge on any atom is -0.305 e. The van der Waals surface area contributed by atoms with Crippen molar-refractivity contribution in [1.29, 1.82) is 0 Å². The molecule has 0 radical (unpaired) electrons. The van der Waals surface area contributed by atoms with Gasteiger partial charge in [-0.1, -0.05) is 11.6 Å². The van der Waals surface area contributed by atoms with E-state index in [0.717, 1.165) is 16.4 Å². The van der Waals surface area contributed by atoms with E-state index in [1.165, 1.54) is 4.88 Å². The van der Waals surface area contributed by atoms with Gasteiger partial charge in [-0.05, 0) is 19.1 Å². The zero-order valence-electron chi connectivity index (χ0n) is 8.33. The minimum absolute atomic E-state index is 0.296. The van der Waals surface area contributed by atoms with Crippen LogP contribution >= 0.6 is 22.9 Å². The van der Waals surface area contributed by atoms with Crippen molar-refractivity contribution in [3.05, 3.63) is 39.3 Å². The van der Waals surface area contributed by atoms with E-state index >= 15 is 0 Å². The number of nitrogens with one attached hydrogen (secondary N) is 2. The predicted molar refractivity (Wildman–Crippen MR) is 63.2 cm³/mol. The Hall–Kier alpha value is -0.840. The van der Waals surface area contributed by atoms with Crippen molar-refractivity contribution in [2.45, 2.75) is 19.5 Å². The SMILES string of the molecule is CC(NCc1ccc(Cl)s1)c1cn[nH]c1. The summed E-state index contributed by atoms with van der Waals surface area (Å²) in [5, 5.41) is 10.1. The van der Waals surface area contributed by atoms with E-state index in [1.54, 1.807) is 11.3 Å². The molecule has 0 aliphatic carbocycles. The van der Waals surface area contributed by atoms with Crippen LogP contribution in [-0.2, 0) is 6.54 Å². The number of thiophene rings is 1. The molecule has 2 heterocycles. The van der Waals surface area contributed by atoms with E-state index in [4.69, 9.17) is 11.6 Å². The van der Waals surface area contributed by atoms with Gasteiger partial charge in [-0.3, -0.25) is 5.10 Å². The van der Waals surface area contributed by atoms with Crippen molar-refractivity contribution in [3.8, 4) is 0 Å². The zero-order valence-corrected chi connectivity index (χ0v) is 9.90. The third kappa shape index (κ3) is 2.81. The van der Waals surface area contributed by atoms with Gasteiger partial charge in [0.15, 0.2) is 0 Å². The summed E-state index contributed by atoms with van der Waals surface area (Å²) in [6.45, 7) is 2.95. The van der Waals surface area contributed by atoms with E-state index in [-0.39, 0.29) is 0 Å². The quantitative estimate of drug-likeness (QED) is 0.864. The molecule has 0 bridgehead atoms. The van der Waals surface area contributed by atoms with E-state index in [0.29, 0.717) is 6.04 Å². The van der Waals surface area contributed by atoms with Gasteiger partial charge >= 0.3 is 0 Å². The molecule has 2 aromatic rings. The first-order valence-corrected chi connectivity index (χ1v) is 5.91. The molecule has 5 heteroatoms. The highest BCUT2D eigenvalue weighted by atomic mass is 35.5. The van der Waals surface area contributed by atoms with Gasteiger partial charge in [-0.2, -0.15) is 5.10 Å². The van der Waals surface area contributed by atoms with Crippen LogP contribution in [0, 0.1) is 0 Å². The number of halogens is 1. The Morgan fingerprint density at radius 3 is 3.07 bits per heavy atom. The first kappa shape index (κ1) is 10.7. The summed E-state index contributed by atoms with van der Waals surface area (Å²) < 4.78 is 0.836. The van der Waals surface area contributed by atoms with E-state index in [9.17, 15) is 0 Å². The van der Waals surface area contributed by atoms with Gasteiger partial charge in [0.25, 0.3) is 0 Å². The number of aromatic amines is 1. The predicted octanol–water partition coefficient (Wildman–Crippen LogP) is 2.98. The second-order valence-corrected chi connectivity index (χ2v) is 5.14.